The zero-order valence-electron chi connectivity index (χ0n) is 33.4. The van der Waals surface area contributed by atoms with Crippen LogP contribution in [0.15, 0.2) is 158 Å². The van der Waals surface area contributed by atoms with E-state index >= 15 is 0 Å². The third-order valence-electron chi connectivity index (χ3n) is 11.7. The summed E-state index contributed by atoms with van der Waals surface area (Å²) in [6.45, 7) is 0. The lowest BCUT2D eigenvalue weighted by Crippen LogP contribution is -2.11. The number of benzene rings is 10. The van der Waals surface area contributed by atoms with E-state index in [9.17, 15) is 51.1 Å². The molecule has 0 atom stereocenters. The maximum absolute atomic E-state index is 10.7. The van der Waals surface area contributed by atoms with Crippen molar-refractivity contribution in [3.8, 4) is 79.7 Å². The number of para-hydroxylation sites is 2. The third-order valence-corrected chi connectivity index (χ3v) is 11.7. The van der Waals surface area contributed by atoms with Crippen molar-refractivity contribution in [1.82, 2.24) is 0 Å². The Labute approximate surface area is 363 Å². The Kier molecular flexibility index (Phi) is 9.01. The number of anilines is 6. The van der Waals surface area contributed by atoms with Gasteiger partial charge in [-0.15, -0.1) is 0 Å². The van der Waals surface area contributed by atoms with Crippen molar-refractivity contribution in [3.05, 3.63) is 158 Å². The largest absolute Gasteiger partial charge is 0.504 e. The lowest BCUT2D eigenvalue weighted by molar-refractivity contribution is 0.330. The number of aromatic hydroxyl groups is 10. The van der Waals surface area contributed by atoms with Crippen molar-refractivity contribution in [3.63, 3.8) is 0 Å². The Bertz CT molecular complexity index is 3150. The maximum Gasteiger partial charge on any atom is 0.208 e. The first-order valence-electron chi connectivity index (χ1n) is 19.9. The summed E-state index contributed by atoms with van der Waals surface area (Å²) in [4.78, 5) is 4.17. The van der Waals surface area contributed by atoms with Gasteiger partial charge in [-0.1, -0.05) is 97.1 Å². The molecule has 0 aliphatic heterocycles. The molecule has 0 amide bonds. The van der Waals surface area contributed by atoms with Crippen molar-refractivity contribution < 1.29 is 51.1 Å². The fourth-order valence-electron chi connectivity index (χ4n) is 8.64. The number of nitrogens with zero attached hydrogens (tertiary/aromatic N) is 2. The van der Waals surface area contributed by atoms with Gasteiger partial charge in [0.25, 0.3) is 0 Å². The molecule has 0 aliphatic rings. The lowest BCUT2D eigenvalue weighted by Gasteiger charge is -2.29. The van der Waals surface area contributed by atoms with E-state index in [-0.39, 0.29) is 22.3 Å². The highest BCUT2D eigenvalue weighted by Crippen LogP contribution is 2.57. The average molecular weight is 849 g/mol. The zero-order chi connectivity index (χ0) is 44.6. The smallest absolute Gasteiger partial charge is 0.208 e. The second-order valence-corrected chi connectivity index (χ2v) is 15.3. The van der Waals surface area contributed by atoms with E-state index in [1.54, 1.807) is 48.5 Å². The minimum atomic E-state index is -1.03. The highest BCUT2D eigenvalue weighted by molar-refractivity contribution is 6.28. The van der Waals surface area contributed by atoms with Crippen LogP contribution in [0, 0.1) is 0 Å². The van der Waals surface area contributed by atoms with Crippen LogP contribution in [0.1, 0.15) is 0 Å². The maximum atomic E-state index is 10.7. The van der Waals surface area contributed by atoms with Crippen LogP contribution in [-0.2, 0) is 0 Å². The summed E-state index contributed by atoms with van der Waals surface area (Å²) in [5.74, 6) is -9.05. The van der Waals surface area contributed by atoms with Crippen molar-refractivity contribution in [2.75, 3.05) is 9.80 Å². The molecule has 12 heteroatoms. The molecule has 12 nitrogen and oxygen atoms in total. The summed E-state index contributed by atoms with van der Waals surface area (Å²) in [5.41, 5.74) is 4.87. The summed E-state index contributed by atoms with van der Waals surface area (Å²) >= 11 is 0. The number of rotatable bonds is 8. The first-order chi connectivity index (χ1) is 30.9. The van der Waals surface area contributed by atoms with Crippen LogP contribution in [0.3, 0.4) is 0 Å². The van der Waals surface area contributed by atoms with Gasteiger partial charge in [0, 0.05) is 33.5 Å². The Morgan fingerprint density at radius 3 is 0.859 bits per heavy atom. The summed E-state index contributed by atoms with van der Waals surface area (Å²) < 4.78 is 0. The van der Waals surface area contributed by atoms with Gasteiger partial charge in [0.05, 0.1) is 22.5 Å². The molecule has 0 saturated heterocycles. The van der Waals surface area contributed by atoms with Crippen LogP contribution < -0.4 is 9.80 Å². The number of hydrogen-bond donors (Lipinski definition) is 10. The van der Waals surface area contributed by atoms with Gasteiger partial charge in [-0.05, 0) is 93.3 Å². The first-order valence-corrected chi connectivity index (χ1v) is 19.9. The summed E-state index contributed by atoms with van der Waals surface area (Å²) in [6, 6.07) is 49.8. The van der Waals surface area contributed by atoms with Gasteiger partial charge in [-0.25, -0.2) is 0 Å². The van der Waals surface area contributed by atoms with E-state index in [0.717, 1.165) is 66.4 Å². The second kappa shape index (κ2) is 14.8. The van der Waals surface area contributed by atoms with E-state index in [4.69, 9.17) is 0 Å². The highest BCUT2D eigenvalue weighted by atomic mass is 16.4. The van der Waals surface area contributed by atoms with E-state index in [1.165, 1.54) is 0 Å². The van der Waals surface area contributed by atoms with Crippen LogP contribution in [0.25, 0.3) is 54.6 Å². The minimum Gasteiger partial charge on any atom is -0.504 e. The molecule has 0 bridgehead atoms. The molecule has 10 aromatic carbocycles. The summed E-state index contributed by atoms with van der Waals surface area (Å²) in [5, 5.41) is 110. The fraction of sp³-hybridized carbons (Fsp3) is 0. The molecule has 0 aliphatic carbocycles. The Hall–Kier alpha value is -9.16. The first kappa shape index (κ1) is 39.0. The molecule has 10 N–H and O–H groups in total. The monoisotopic (exact) mass is 848 g/mol. The predicted octanol–water partition coefficient (Wildman–Crippen LogP) is 11.9. The van der Waals surface area contributed by atoms with Crippen molar-refractivity contribution in [2.45, 2.75) is 0 Å². The molecule has 314 valence electrons. The quantitative estimate of drug-likeness (QED) is 0.0393. The molecule has 0 aromatic heterocycles. The van der Waals surface area contributed by atoms with Crippen molar-refractivity contribution in [2.24, 2.45) is 0 Å². The molecule has 0 radical (unpaired) electrons. The van der Waals surface area contributed by atoms with Gasteiger partial charge in [0.2, 0.25) is 34.5 Å². The lowest BCUT2D eigenvalue weighted by atomic mass is 9.91. The zero-order valence-corrected chi connectivity index (χ0v) is 33.4. The Morgan fingerprint density at radius 2 is 0.531 bits per heavy atom. The molecular weight excluding hydrogens is 813 g/mol. The van der Waals surface area contributed by atoms with Gasteiger partial charge < -0.3 is 60.9 Å². The fourth-order valence-corrected chi connectivity index (χ4v) is 8.64. The van der Waals surface area contributed by atoms with Crippen LogP contribution in [-0.4, -0.2) is 51.1 Å². The number of hydrogen-bond acceptors (Lipinski definition) is 12. The molecular formula is C52H36N2O10. The number of phenols is 10. The second-order valence-electron chi connectivity index (χ2n) is 15.3. The highest BCUT2D eigenvalue weighted by Gasteiger charge is 2.27. The SMILES string of the molecule is Oc1c(O)c(O)c(-c2ccc(N(c3ccccc3)c3ccc4ccc5c(N(c6ccccc6)c6ccc(-c7c(O)c(O)c(O)c(O)c7O)cc6)ccc6ccc3c4c65)cc2)c(O)c1O. The standard InChI is InChI=1S/C52H36N2O10/c55-43-41(44(56)48(60)51(63)47(43)59)29-11-19-33(20-12-29)53(31-7-3-1-4-8-31)37-25-17-27-16-24-36-38(26-18-28-15-23-35(37)39(27)40(28)36)54(32-9-5-2-6-10-32)34-21-13-30(14-22-34)42-45(57)49(61)52(64)50(62)46(42)58/h1-26,55-64H. The van der Waals surface area contributed by atoms with Gasteiger partial charge in [-0.3, -0.25) is 0 Å². The third kappa shape index (κ3) is 5.92. The molecule has 0 heterocycles. The van der Waals surface area contributed by atoms with Crippen molar-refractivity contribution in [1.29, 1.82) is 0 Å². The van der Waals surface area contributed by atoms with Crippen LogP contribution in [0.5, 0.6) is 57.5 Å². The normalized spacial score (nSPS) is 11.4. The average Bonchev–Trinajstić information content (AvgIpc) is 3.33. The van der Waals surface area contributed by atoms with Gasteiger partial charge >= 0.3 is 0 Å². The molecule has 10 aromatic rings. The minimum absolute atomic E-state index is 0.249. The van der Waals surface area contributed by atoms with Crippen molar-refractivity contribution >= 4 is 66.4 Å². The van der Waals surface area contributed by atoms with Crippen LogP contribution in [0.4, 0.5) is 34.1 Å². The Balaban J connectivity index is 1.13. The molecule has 0 saturated carbocycles. The molecule has 64 heavy (non-hydrogen) atoms. The molecule has 0 unspecified atom stereocenters. The molecule has 0 spiro atoms. The molecule has 10 rings (SSSR count). The van der Waals surface area contributed by atoms with E-state index < -0.39 is 57.5 Å². The predicted molar refractivity (Wildman–Crippen MR) is 247 cm³/mol. The van der Waals surface area contributed by atoms with Crippen LogP contribution >= 0.6 is 0 Å². The number of phenolic OH excluding ortho intramolecular Hbond substituents is 10. The van der Waals surface area contributed by atoms with E-state index in [0.29, 0.717) is 0 Å². The van der Waals surface area contributed by atoms with Crippen LogP contribution in [0.2, 0.25) is 0 Å². The van der Waals surface area contributed by atoms with E-state index in [2.05, 4.69) is 58.3 Å². The molecule has 0 fully saturated rings. The van der Waals surface area contributed by atoms with Gasteiger partial charge in [-0.2, -0.15) is 0 Å². The topological polar surface area (TPSA) is 209 Å². The Morgan fingerprint density at radius 1 is 0.250 bits per heavy atom. The van der Waals surface area contributed by atoms with Gasteiger partial charge in [0.1, 0.15) is 0 Å². The van der Waals surface area contributed by atoms with E-state index in [1.807, 2.05) is 60.7 Å². The summed E-state index contributed by atoms with van der Waals surface area (Å²) in [6.07, 6.45) is 0. The van der Waals surface area contributed by atoms with Gasteiger partial charge in [0.15, 0.2) is 23.0 Å². The summed E-state index contributed by atoms with van der Waals surface area (Å²) in [7, 11) is 0.